The number of hydrogen-bond donors (Lipinski definition) is 1. The summed E-state index contributed by atoms with van der Waals surface area (Å²) in [5.74, 6) is -0.715. The van der Waals surface area contributed by atoms with Gasteiger partial charge in [-0.3, -0.25) is 0 Å². The van der Waals surface area contributed by atoms with Gasteiger partial charge in [-0.25, -0.2) is 9.78 Å². The molecule has 0 aliphatic carbocycles. The molecule has 2 heterocycles. The van der Waals surface area contributed by atoms with Crippen LogP contribution in [0.15, 0.2) is 23.0 Å². The summed E-state index contributed by atoms with van der Waals surface area (Å²) in [6, 6.07) is 1.36. The van der Waals surface area contributed by atoms with E-state index >= 15 is 0 Å². The van der Waals surface area contributed by atoms with Gasteiger partial charge in [0.1, 0.15) is 5.69 Å². The molecule has 2 rings (SSSR count). The number of nitrogens with zero attached hydrogens (tertiary/aromatic N) is 3. The molecule has 6 nitrogen and oxygen atoms in total. The van der Waals surface area contributed by atoms with Gasteiger partial charge < -0.3 is 14.2 Å². The molecule has 2 aromatic rings. The first-order valence-electron chi connectivity index (χ1n) is 4.44. The maximum atomic E-state index is 10.6. The highest BCUT2D eigenvalue weighted by Gasteiger charge is 2.15. The summed E-state index contributed by atoms with van der Waals surface area (Å²) in [5, 5.41) is 12.3. The number of rotatable bonds is 3. The minimum atomic E-state index is -1.14. The van der Waals surface area contributed by atoms with Gasteiger partial charge >= 0.3 is 5.97 Å². The van der Waals surface area contributed by atoms with Gasteiger partial charge in [0.25, 0.3) is 0 Å². The Balaban J connectivity index is 2.41. The molecule has 0 aromatic carbocycles. The van der Waals surface area contributed by atoms with Crippen molar-refractivity contribution in [3.63, 3.8) is 0 Å². The number of hydrogen-bond acceptors (Lipinski definition) is 4. The van der Waals surface area contributed by atoms with Crippen molar-refractivity contribution >= 4 is 5.97 Å². The van der Waals surface area contributed by atoms with Crippen LogP contribution in [0.1, 0.15) is 17.5 Å². The van der Waals surface area contributed by atoms with Crippen LogP contribution in [0.4, 0.5) is 0 Å². The van der Waals surface area contributed by atoms with Crippen LogP contribution in [0, 0.1) is 0 Å². The van der Waals surface area contributed by atoms with Crippen molar-refractivity contribution < 1.29 is 14.4 Å². The molecule has 0 amide bonds. The van der Waals surface area contributed by atoms with Crippen LogP contribution in [-0.2, 0) is 6.54 Å². The Bertz CT molecular complexity index is 486. The van der Waals surface area contributed by atoms with Crippen LogP contribution in [0.2, 0.25) is 0 Å². The van der Waals surface area contributed by atoms with Crippen LogP contribution >= 0.6 is 0 Å². The van der Waals surface area contributed by atoms with E-state index in [2.05, 4.69) is 14.7 Å². The SMILES string of the molecule is CCn1ccnc1-c1cc(C(=O)O)on1. The number of imidazole rings is 1. The first-order valence-corrected chi connectivity index (χ1v) is 4.44. The lowest BCUT2D eigenvalue weighted by atomic mass is 10.3. The van der Waals surface area contributed by atoms with E-state index in [1.54, 1.807) is 12.4 Å². The lowest BCUT2D eigenvalue weighted by Crippen LogP contribution is -1.96. The van der Waals surface area contributed by atoms with Gasteiger partial charge in [-0.2, -0.15) is 0 Å². The third-order valence-electron chi connectivity index (χ3n) is 2.01. The maximum absolute atomic E-state index is 10.6. The van der Waals surface area contributed by atoms with Gasteiger partial charge in [0.05, 0.1) is 0 Å². The van der Waals surface area contributed by atoms with E-state index < -0.39 is 5.97 Å². The van der Waals surface area contributed by atoms with Crippen LogP contribution < -0.4 is 0 Å². The van der Waals surface area contributed by atoms with Crippen molar-refractivity contribution in [2.24, 2.45) is 0 Å². The molecule has 78 valence electrons. The van der Waals surface area contributed by atoms with Crippen LogP contribution in [-0.4, -0.2) is 25.8 Å². The molecule has 2 aromatic heterocycles. The van der Waals surface area contributed by atoms with Crippen molar-refractivity contribution in [2.45, 2.75) is 13.5 Å². The summed E-state index contributed by atoms with van der Waals surface area (Å²) in [5.41, 5.74) is 0.430. The first-order chi connectivity index (χ1) is 7.22. The van der Waals surface area contributed by atoms with Crippen LogP contribution in [0.5, 0.6) is 0 Å². The molecule has 0 saturated heterocycles. The standard InChI is InChI=1S/C9H9N3O3/c1-2-12-4-3-10-8(12)6-5-7(9(13)14)15-11-6/h3-5H,2H2,1H3,(H,13,14). The highest BCUT2D eigenvalue weighted by molar-refractivity contribution is 5.85. The van der Waals surface area contributed by atoms with Crippen LogP contribution in [0.3, 0.4) is 0 Å². The fourth-order valence-electron chi connectivity index (χ4n) is 1.28. The Morgan fingerprint density at radius 3 is 3.07 bits per heavy atom. The van der Waals surface area contributed by atoms with Gasteiger partial charge in [0, 0.05) is 25.0 Å². The Kier molecular flexibility index (Phi) is 2.24. The number of carbonyl (C=O) groups is 1. The third kappa shape index (κ3) is 1.61. The van der Waals surface area contributed by atoms with Crippen molar-refractivity contribution in [1.82, 2.24) is 14.7 Å². The molecule has 0 saturated carbocycles. The Hall–Kier alpha value is -2.11. The monoisotopic (exact) mass is 207 g/mol. The van der Waals surface area contributed by atoms with Crippen molar-refractivity contribution in [2.75, 3.05) is 0 Å². The fraction of sp³-hybridized carbons (Fsp3) is 0.222. The molecule has 0 aliphatic heterocycles. The highest BCUT2D eigenvalue weighted by Crippen LogP contribution is 2.17. The zero-order valence-corrected chi connectivity index (χ0v) is 8.04. The van der Waals surface area contributed by atoms with Crippen molar-refractivity contribution in [3.8, 4) is 11.5 Å². The summed E-state index contributed by atoms with van der Waals surface area (Å²) in [6.07, 6.45) is 3.43. The second-order valence-corrected chi connectivity index (χ2v) is 2.92. The number of aromatic carboxylic acids is 1. The largest absolute Gasteiger partial charge is 0.475 e. The summed E-state index contributed by atoms with van der Waals surface area (Å²) in [4.78, 5) is 14.7. The zero-order chi connectivity index (χ0) is 10.8. The molecule has 0 atom stereocenters. The lowest BCUT2D eigenvalue weighted by molar-refractivity contribution is 0.0652. The summed E-state index contributed by atoms with van der Waals surface area (Å²) < 4.78 is 6.50. The lowest BCUT2D eigenvalue weighted by Gasteiger charge is -1.98. The Morgan fingerprint density at radius 1 is 1.67 bits per heavy atom. The summed E-state index contributed by atoms with van der Waals surface area (Å²) >= 11 is 0. The van der Waals surface area contributed by atoms with E-state index in [9.17, 15) is 4.79 Å². The molecular weight excluding hydrogens is 198 g/mol. The number of aryl methyl sites for hydroxylation is 1. The predicted molar refractivity (Wildman–Crippen MR) is 50.4 cm³/mol. The molecule has 15 heavy (non-hydrogen) atoms. The molecule has 1 N–H and O–H groups in total. The Labute approximate surface area is 85.1 Å². The molecule has 0 aliphatic rings. The minimum Gasteiger partial charge on any atom is -0.475 e. The van der Waals surface area contributed by atoms with Crippen molar-refractivity contribution in [1.29, 1.82) is 0 Å². The molecule has 0 fully saturated rings. The quantitative estimate of drug-likeness (QED) is 0.819. The van der Waals surface area contributed by atoms with Gasteiger partial charge in [-0.1, -0.05) is 5.16 Å². The average molecular weight is 207 g/mol. The zero-order valence-electron chi connectivity index (χ0n) is 8.04. The van der Waals surface area contributed by atoms with Gasteiger partial charge in [-0.05, 0) is 6.92 Å². The summed E-state index contributed by atoms with van der Waals surface area (Å²) in [6.45, 7) is 2.70. The molecule has 6 heteroatoms. The van der Waals surface area contributed by atoms with Crippen LogP contribution in [0.25, 0.3) is 11.5 Å². The predicted octanol–water partition coefficient (Wildman–Crippen LogP) is 1.26. The molecule has 0 spiro atoms. The first kappa shape index (κ1) is 9.45. The van der Waals surface area contributed by atoms with E-state index in [4.69, 9.17) is 5.11 Å². The summed E-state index contributed by atoms with van der Waals surface area (Å²) in [7, 11) is 0. The molecule has 0 radical (unpaired) electrons. The van der Waals surface area contributed by atoms with Crippen molar-refractivity contribution in [3.05, 3.63) is 24.2 Å². The molecular formula is C9H9N3O3. The van der Waals surface area contributed by atoms with E-state index in [0.29, 0.717) is 11.5 Å². The minimum absolute atomic E-state index is 0.185. The van der Waals surface area contributed by atoms with E-state index in [-0.39, 0.29) is 5.76 Å². The average Bonchev–Trinajstić information content (AvgIpc) is 2.85. The fourth-order valence-corrected chi connectivity index (χ4v) is 1.28. The van der Waals surface area contributed by atoms with E-state index in [1.165, 1.54) is 6.07 Å². The van der Waals surface area contributed by atoms with E-state index in [0.717, 1.165) is 6.54 Å². The van der Waals surface area contributed by atoms with Gasteiger partial charge in [0.15, 0.2) is 5.82 Å². The molecule has 0 bridgehead atoms. The van der Waals surface area contributed by atoms with Gasteiger partial charge in [0.2, 0.25) is 5.76 Å². The Morgan fingerprint density at radius 2 is 2.47 bits per heavy atom. The number of carboxylic acids is 1. The maximum Gasteiger partial charge on any atom is 0.374 e. The molecule has 0 unspecified atom stereocenters. The second-order valence-electron chi connectivity index (χ2n) is 2.92. The smallest absolute Gasteiger partial charge is 0.374 e. The second kappa shape index (κ2) is 3.56. The van der Waals surface area contributed by atoms with Gasteiger partial charge in [-0.15, -0.1) is 0 Å². The number of aromatic nitrogens is 3. The van der Waals surface area contributed by atoms with E-state index in [1.807, 2.05) is 11.5 Å². The highest BCUT2D eigenvalue weighted by atomic mass is 16.5. The number of carboxylic acid groups (broad SMARTS) is 1. The normalized spacial score (nSPS) is 10.5. The topological polar surface area (TPSA) is 81.2 Å². The third-order valence-corrected chi connectivity index (χ3v) is 2.01.